The fraction of sp³-hybridized carbons (Fsp3) is 0.318. The van der Waals surface area contributed by atoms with Crippen LogP contribution in [-0.2, 0) is 16.6 Å². The van der Waals surface area contributed by atoms with Crippen molar-refractivity contribution >= 4 is 49.3 Å². The number of benzene rings is 1. The molecule has 1 aliphatic heterocycles. The molecule has 6 nitrogen and oxygen atoms in total. The molecule has 0 spiro atoms. The molecule has 0 saturated carbocycles. The highest BCUT2D eigenvalue weighted by atomic mass is 32.2. The lowest BCUT2D eigenvalue weighted by atomic mass is 10.1. The number of aromatic nitrogens is 2. The summed E-state index contributed by atoms with van der Waals surface area (Å²) in [6.45, 7) is 3.27. The number of sulfonamides is 1. The fourth-order valence-electron chi connectivity index (χ4n) is 4.04. The highest BCUT2D eigenvalue weighted by Gasteiger charge is 2.24. The summed E-state index contributed by atoms with van der Waals surface area (Å²) in [5, 5.41) is 3.67. The molecule has 1 aliphatic rings. The third kappa shape index (κ3) is 4.03. The molecule has 4 aromatic rings. The zero-order valence-corrected chi connectivity index (χ0v) is 19.7. The van der Waals surface area contributed by atoms with Crippen molar-refractivity contribution in [1.82, 2.24) is 14.9 Å². The third-order valence-corrected chi connectivity index (χ3v) is 9.86. The summed E-state index contributed by atoms with van der Waals surface area (Å²) in [4.78, 5) is 11.8. The number of fused-ring (bicyclic) bond motifs is 1. The molecule has 1 aromatic carbocycles. The monoisotopic (exact) mass is 472 g/mol. The molecule has 0 unspecified atom stereocenters. The minimum atomic E-state index is -3.59. The van der Waals surface area contributed by atoms with Crippen molar-refractivity contribution in [1.29, 1.82) is 0 Å². The number of nitrogens with one attached hydrogen (secondary N) is 1. The first-order valence-electron chi connectivity index (χ1n) is 10.3. The SMILES string of the molecule is CN(c1cccc2cc(-c3ncc(CN4CCCCC4)s3)[nH]c12)S(=O)(=O)c1cccs1. The van der Waals surface area contributed by atoms with Crippen LogP contribution in [-0.4, -0.2) is 43.4 Å². The lowest BCUT2D eigenvalue weighted by Gasteiger charge is -2.25. The van der Waals surface area contributed by atoms with Gasteiger partial charge in [-0.3, -0.25) is 9.21 Å². The van der Waals surface area contributed by atoms with E-state index in [1.165, 1.54) is 39.8 Å². The van der Waals surface area contributed by atoms with E-state index in [0.29, 0.717) is 9.90 Å². The summed E-state index contributed by atoms with van der Waals surface area (Å²) in [7, 11) is -1.99. The zero-order chi connectivity index (χ0) is 21.4. The first kappa shape index (κ1) is 20.7. The van der Waals surface area contributed by atoms with Crippen molar-refractivity contribution in [3.8, 4) is 10.7 Å². The van der Waals surface area contributed by atoms with E-state index in [-0.39, 0.29) is 0 Å². The average Bonchev–Trinajstić information content (AvgIpc) is 3.53. The third-order valence-electron chi connectivity index (χ3n) is 5.70. The number of aromatic amines is 1. The Morgan fingerprint density at radius 2 is 2.00 bits per heavy atom. The molecule has 9 heteroatoms. The Morgan fingerprint density at radius 3 is 2.77 bits per heavy atom. The number of piperidine rings is 1. The molecule has 31 heavy (non-hydrogen) atoms. The first-order chi connectivity index (χ1) is 15.0. The summed E-state index contributed by atoms with van der Waals surface area (Å²) in [6, 6.07) is 11.1. The van der Waals surface area contributed by atoms with E-state index in [2.05, 4.69) is 14.9 Å². The molecular weight excluding hydrogens is 448 g/mol. The van der Waals surface area contributed by atoms with Crippen molar-refractivity contribution in [3.63, 3.8) is 0 Å². The predicted molar refractivity (Wildman–Crippen MR) is 128 cm³/mol. The average molecular weight is 473 g/mol. The number of thiophene rings is 1. The minimum Gasteiger partial charge on any atom is -0.351 e. The van der Waals surface area contributed by atoms with Crippen LogP contribution in [0.5, 0.6) is 0 Å². The van der Waals surface area contributed by atoms with E-state index in [1.54, 1.807) is 35.9 Å². The summed E-state index contributed by atoms with van der Waals surface area (Å²) in [5.41, 5.74) is 2.34. The number of hydrogen-bond donors (Lipinski definition) is 1. The number of nitrogens with zero attached hydrogens (tertiary/aromatic N) is 3. The molecule has 3 aromatic heterocycles. The minimum absolute atomic E-state index is 0.334. The Balaban J connectivity index is 1.45. The first-order valence-corrected chi connectivity index (χ1v) is 13.5. The van der Waals surface area contributed by atoms with Crippen LogP contribution >= 0.6 is 22.7 Å². The van der Waals surface area contributed by atoms with Crippen molar-refractivity contribution in [2.45, 2.75) is 30.0 Å². The van der Waals surface area contributed by atoms with Gasteiger partial charge < -0.3 is 4.98 Å². The number of thiazole rings is 1. The van der Waals surface area contributed by atoms with Gasteiger partial charge in [0.25, 0.3) is 10.0 Å². The quantitative estimate of drug-likeness (QED) is 0.421. The second kappa shape index (κ2) is 8.38. The number of rotatable bonds is 6. The number of hydrogen-bond acceptors (Lipinski definition) is 6. The van der Waals surface area contributed by atoms with Crippen LogP contribution in [0.25, 0.3) is 21.6 Å². The summed E-state index contributed by atoms with van der Waals surface area (Å²) < 4.78 is 27.7. The van der Waals surface area contributed by atoms with Crippen LogP contribution in [0, 0.1) is 0 Å². The van der Waals surface area contributed by atoms with E-state index >= 15 is 0 Å². The molecular formula is C22H24N4O2S3. The van der Waals surface area contributed by atoms with Gasteiger partial charge >= 0.3 is 0 Å². The molecule has 1 N–H and O–H groups in total. The Labute approximate surface area is 190 Å². The summed E-state index contributed by atoms with van der Waals surface area (Å²) in [5.74, 6) is 0. The van der Waals surface area contributed by atoms with Crippen molar-refractivity contribution < 1.29 is 8.42 Å². The Hall–Kier alpha value is -2.20. The predicted octanol–water partition coefficient (Wildman–Crippen LogP) is 5.16. The van der Waals surface area contributed by atoms with Gasteiger partial charge in [0.1, 0.15) is 9.22 Å². The topological polar surface area (TPSA) is 69.3 Å². The van der Waals surface area contributed by atoms with Gasteiger partial charge in [0.15, 0.2) is 0 Å². The normalized spacial score (nSPS) is 15.5. The number of para-hydroxylation sites is 1. The fourth-order valence-corrected chi connectivity index (χ4v) is 7.33. The van der Waals surface area contributed by atoms with E-state index in [1.807, 2.05) is 30.5 Å². The van der Waals surface area contributed by atoms with Crippen molar-refractivity contribution in [2.75, 3.05) is 24.4 Å². The largest absolute Gasteiger partial charge is 0.351 e. The van der Waals surface area contributed by atoms with Crippen molar-refractivity contribution in [3.05, 3.63) is 52.9 Å². The van der Waals surface area contributed by atoms with E-state index in [4.69, 9.17) is 0 Å². The maximum absolute atomic E-state index is 13.0. The second-order valence-corrected chi connectivity index (χ2v) is 12.1. The maximum atomic E-state index is 13.0. The summed E-state index contributed by atoms with van der Waals surface area (Å²) in [6.07, 6.45) is 5.85. The summed E-state index contributed by atoms with van der Waals surface area (Å²) >= 11 is 2.92. The van der Waals surface area contributed by atoms with Gasteiger partial charge in [-0.15, -0.1) is 22.7 Å². The van der Waals surface area contributed by atoms with E-state index in [0.717, 1.165) is 41.2 Å². The molecule has 4 heterocycles. The number of likely N-dealkylation sites (tertiary alicyclic amines) is 1. The highest BCUT2D eigenvalue weighted by molar-refractivity contribution is 7.94. The molecule has 1 fully saturated rings. The molecule has 162 valence electrons. The molecule has 5 rings (SSSR count). The highest BCUT2D eigenvalue weighted by Crippen LogP contribution is 2.35. The Kier molecular flexibility index (Phi) is 5.60. The Morgan fingerprint density at radius 1 is 1.16 bits per heavy atom. The van der Waals surface area contributed by atoms with Crippen LogP contribution in [0.15, 0.2) is 52.2 Å². The standard InChI is InChI=1S/C22H24N4O2S3/c1-25(31(27,28)20-9-6-12-29-20)19-8-5-7-16-13-18(24-21(16)19)22-23-14-17(30-22)15-26-10-3-2-4-11-26/h5-9,12-14,24H,2-4,10-11,15H2,1H3. The lowest BCUT2D eigenvalue weighted by molar-refractivity contribution is 0.222. The van der Waals surface area contributed by atoms with Crippen LogP contribution in [0.1, 0.15) is 24.1 Å². The smallest absolute Gasteiger partial charge is 0.273 e. The molecule has 0 radical (unpaired) electrons. The van der Waals surface area contributed by atoms with Gasteiger partial charge in [-0.05, 0) is 49.5 Å². The zero-order valence-electron chi connectivity index (χ0n) is 17.2. The van der Waals surface area contributed by atoms with Crippen LogP contribution < -0.4 is 4.31 Å². The molecule has 0 bridgehead atoms. The van der Waals surface area contributed by atoms with Crippen LogP contribution in [0.2, 0.25) is 0 Å². The van der Waals surface area contributed by atoms with Gasteiger partial charge in [-0.1, -0.05) is 24.6 Å². The van der Waals surface area contributed by atoms with Gasteiger partial charge in [0, 0.05) is 30.1 Å². The van der Waals surface area contributed by atoms with E-state index in [9.17, 15) is 8.42 Å². The molecule has 1 saturated heterocycles. The van der Waals surface area contributed by atoms with Gasteiger partial charge in [0.05, 0.1) is 16.9 Å². The van der Waals surface area contributed by atoms with Crippen LogP contribution in [0.3, 0.4) is 0 Å². The number of anilines is 1. The maximum Gasteiger partial charge on any atom is 0.273 e. The lowest BCUT2D eigenvalue weighted by Crippen LogP contribution is -2.28. The van der Waals surface area contributed by atoms with E-state index < -0.39 is 10.0 Å². The number of H-pyrrole nitrogens is 1. The second-order valence-electron chi connectivity index (χ2n) is 7.80. The van der Waals surface area contributed by atoms with Gasteiger partial charge in [-0.25, -0.2) is 13.4 Å². The van der Waals surface area contributed by atoms with Gasteiger partial charge in [-0.2, -0.15) is 0 Å². The Bertz CT molecular complexity index is 1290. The molecule has 0 aliphatic carbocycles. The van der Waals surface area contributed by atoms with Crippen LogP contribution in [0.4, 0.5) is 5.69 Å². The van der Waals surface area contributed by atoms with Gasteiger partial charge in [0.2, 0.25) is 0 Å². The molecule has 0 atom stereocenters. The molecule has 0 amide bonds. The van der Waals surface area contributed by atoms with Crippen molar-refractivity contribution in [2.24, 2.45) is 0 Å².